The molecule has 0 aliphatic heterocycles. The van der Waals surface area contributed by atoms with Crippen molar-refractivity contribution in [3.05, 3.63) is 25.6 Å². The predicted molar refractivity (Wildman–Crippen MR) is 85.3 cm³/mol. The summed E-state index contributed by atoms with van der Waals surface area (Å²) in [5.41, 5.74) is 1.45. The van der Waals surface area contributed by atoms with Crippen LogP contribution in [-0.2, 0) is 12.8 Å². The molecule has 1 fully saturated rings. The van der Waals surface area contributed by atoms with E-state index in [1.54, 1.807) is 11.3 Å². The molecular formula is C15H18N2OS2. The summed E-state index contributed by atoms with van der Waals surface area (Å²) in [5, 5.41) is 0.929. The SMILES string of the molecule is CCCC1CC1n1c(=S)[nH]c2sc3c(c2c1=O)CCC3. The van der Waals surface area contributed by atoms with Gasteiger partial charge in [-0.1, -0.05) is 13.3 Å². The zero-order valence-electron chi connectivity index (χ0n) is 11.6. The third-order valence-electron chi connectivity index (χ3n) is 4.67. The van der Waals surface area contributed by atoms with Crippen molar-refractivity contribution in [1.29, 1.82) is 0 Å². The number of aromatic amines is 1. The summed E-state index contributed by atoms with van der Waals surface area (Å²) in [7, 11) is 0. The highest BCUT2D eigenvalue weighted by Crippen LogP contribution is 2.46. The zero-order chi connectivity index (χ0) is 13.9. The van der Waals surface area contributed by atoms with Gasteiger partial charge in [-0.25, -0.2) is 0 Å². The van der Waals surface area contributed by atoms with Crippen LogP contribution in [0.3, 0.4) is 0 Å². The van der Waals surface area contributed by atoms with Gasteiger partial charge >= 0.3 is 0 Å². The Morgan fingerprint density at radius 2 is 2.30 bits per heavy atom. The first-order valence-electron chi connectivity index (χ1n) is 7.49. The first-order valence-corrected chi connectivity index (χ1v) is 8.72. The summed E-state index contributed by atoms with van der Waals surface area (Å²) in [5.74, 6) is 0.650. The average molecular weight is 306 g/mol. The molecule has 2 heterocycles. The van der Waals surface area contributed by atoms with E-state index < -0.39 is 0 Å². The monoisotopic (exact) mass is 306 g/mol. The van der Waals surface area contributed by atoms with Crippen molar-refractivity contribution in [2.75, 3.05) is 0 Å². The molecule has 1 N–H and O–H groups in total. The standard InChI is InChI=1S/C15H18N2OS2/c1-2-4-8-7-10(8)17-14(18)12-9-5-3-6-11(9)20-13(12)16-15(17)19/h8,10H,2-7H2,1H3,(H,16,19). The van der Waals surface area contributed by atoms with Gasteiger partial charge in [-0.3, -0.25) is 9.36 Å². The molecule has 5 heteroatoms. The van der Waals surface area contributed by atoms with E-state index >= 15 is 0 Å². The second kappa shape index (κ2) is 4.53. The highest BCUT2D eigenvalue weighted by molar-refractivity contribution is 7.71. The minimum Gasteiger partial charge on any atom is -0.323 e. The lowest BCUT2D eigenvalue weighted by molar-refractivity contribution is 0.585. The maximum atomic E-state index is 12.9. The molecule has 2 aliphatic rings. The van der Waals surface area contributed by atoms with E-state index in [0.29, 0.717) is 16.7 Å². The molecule has 2 atom stereocenters. The number of nitrogens with zero attached hydrogens (tertiary/aromatic N) is 1. The lowest BCUT2D eigenvalue weighted by Gasteiger charge is -2.06. The molecule has 0 aromatic carbocycles. The number of nitrogens with one attached hydrogen (secondary N) is 1. The van der Waals surface area contributed by atoms with Crippen molar-refractivity contribution >= 4 is 33.8 Å². The fourth-order valence-electron chi connectivity index (χ4n) is 3.62. The molecule has 0 bridgehead atoms. The van der Waals surface area contributed by atoms with E-state index in [1.807, 2.05) is 4.57 Å². The van der Waals surface area contributed by atoms with Gasteiger partial charge in [0.1, 0.15) is 4.83 Å². The predicted octanol–water partition coefficient (Wildman–Crippen LogP) is 3.97. The Morgan fingerprint density at radius 1 is 1.45 bits per heavy atom. The van der Waals surface area contributed by atoms with Gasteiger partial charge in [0.15, 0.2) is 4.77 Å². The molecule has 2 aromatic rings. The van der Waals surface area contributed by atoms with E-state index in [4.69, 9.17) is 12.2 Å². The minimum absolute atomic E-state index is 0.159. The van der Waals surface area contributed by atoms with Crippen LogP contribution in [0, 0.1) is 10.7 Å². The fourth-order valence-corrected chi connectivity index (χ4v) is 5.28. The number of aromatic nitrogens is 2. The van der Waals surface area contributed by atoms with Gasteiger partial charge in [-0.05, 0) is 55.8 Å². The lowest BCUT2D eigenvalue weighted by Crippen LogP contribution is -2.22. The van der Waals surface area contributed by atoms with Crippen LogP contribution in [0.5, 0.6) is 0 Å². The van der Waals surface area contributed by atoms with Crippen molar-refractivity contribution in [2.24, 2.45) is 5.92 Å². The second-order valence-corrected chi connectivity index (χ2v) is 7.51. The Morgan fingerprint density at radius 3 is 3.10 bits per heavy atom. The Hall–Kier alpha value is -0.940. The number of H-pyrrole nitrogens is 1. The molecule has 2 aromatic heterocycles. The van der Waals surface area contributed by atoms with Gasteiger partial charge in [0.05, 0.1) is 5.39 Å². The molecule has 0 spiro atoms. The quantitative estimate of drug-likeness (QED) is 0.871. The molecule has 106 valence electrons. The summed E-state index contributed by atoms with van der Waals surface area (Å²) < 4.78 is 2.48. The molecule has 20 heavy (non-hydrogen) atoms. The second-order valence-electron chi connectivity index (χ2n) is 6.02. The van der Waals surface area contributed by atoms with Crippen molar-refractivity contribution in [2.45, 2.75) is 51.5 Å². The molecule has 4 rings (SSSR count). The third-order valence-corrected chi connectivity index (χ3v) is 6.18. The van der Waals surface area contributed by atoms with Crippen molar-refractivity contribution in [1.82, 2.24) is 9.55 Å². The molecule has 1 saturated carbocycles. The number of aryl methyl sites for hydroxylation is 2. The van der Waals surface area contributed by atoms with Crippen molar-refractivity contribution in [3.63, 3.8) is 0 Å². The third kappa shape index (κ3) is 1.76. The van der Waals surface area contributed by atoms with Gasteiger partial charge in [0, 0.05) is 10.9 Å². The summed E-state index contributed by atoms with van der Waals surface area (Å²) in [6.45, 7) is 2.20. The van der Waals surface area contributed by atoms with Gasteiger partial charge in [-0.2, -0.15) is 0 Å². The fraction of sp³-hybridized carbons (Fsp3) is 0.600. The van der Waals surface area contributed by atoms with E-state index in [1.165, 1.54) is 29.7 Å². The van der Waals surface area contributed by atoms with E-state index in [2.05, 4.69) is 11.9 Å². The maximum absolute atomic E-state index is 12.9. The normalized spacial score (nSPS) is 24.2. The van der Waals surface area contributed by atoms with Gasteiger partial charge in [0.25, 0.3) is 5.56 Å². The van der Waals surface area contributed by atoms with E-state index in [9.17, 15) is 4.79 Å². The number of hydrogen-bond donors (Lipinski definition) is 1. The molecule has 0 radical (unpaired) electrons. The topological polar surface area (TPSA) is 37.8 Å². The number of rotatable bonds is 3. The first kappa shape index (κ1) is 12.8. The Kier molecular flexibility index (Phi) is 2.89. The van der Waals surface area contributed by atoms with Crippen LogP contribution in [0.15, 0.2) is 4.79 Å². The molecule has 2 unspecified atom stereocenters. The first-order chi connectivity index (χ1) is 9.70. The summed E-state index contributed by atoms with van der Waals surface area (Å²) >= 11 is 7.17. The van der Waals surface area contributed by atoms with Crippen LogP contribution in [-0.4, -0.2) is 9.55 Å². The van der Waals surface area contributed by atoms with Gasteiger partial charge in [0.2, 0.25) is 0 Å². The van der Waals surface area contributed by atoms with Crippen LogP contribution in [0.25, 0.3) is 10.2 Å². The zero-order valence-corrected chi connectivity index (χ0v) is 13.2. The summed E-state index contributed by atoms with van der Waals surface area (Å²) in [6.07, 6.45) is 6.86. The largest absolute Gasteiger partial charge is 0.323 e. The van der Waals surface area contributed by atoms with Crippen LogP contribution in [0.1, 0.15) is 49.1 Å². The van der Waals surface area contributed by atoms with Crippen LogP contribution in [0.4, 0.5) is 0 Å². The Bertz CT molecular complexity index is 799. The van der Waals surface area contributed by atoms with Crippen molar-refractivity contribution < 1.29 is 0 Å². The van der Waals surface area contributed by atoms with E-state index in [-0.39, 0.29) is 5.56 Å². The smallest absolute Gasteiger partial charge is 0.263 e. The lowest BCUT2D eigenvalue weighted by atomic mass is 10.2. The molecular weight excluding hydrogens is 288 g/mol. The van der Waals surface area contributed by atoms with Gasteiger partial charge < -0.3 is 4.98 Å². The minimum atomic E-state index is 0.159. The number of thiophene rings is 1. The van der Waals surface area contributed by atoms with Crippen LogP contribution in [0.2, 0.25) is 0 Å². The van der Waals surface area contributed by atoms with Gasteiger partial charge in [-0.15, -0.1) is 11.3 Å². The Labute approximate surface area is 126 Å². The van der Waals surface area contributed by atoms with Crippen molar-refractivity contribution in [3.8, 4) is 0 Å². The number of hydrogen-bond acceptors (Lipinski definition) is 3. The molecule has 2 aliphatic carbocycles. The average Bonchev–Trinajstić information content (AvgIpc) is 2.83. The molecule has 0 saturated heterocycles. The molecule has 0 amide bonds. The van der Waals surface area contributed by atoms with E-state index in [0.717, 1.165) is 29.5 Å². The summed E-state index contributed by atoms with van der Waals surface area (Å²) in [4.78, 5) is 18.6. The number of fused-ring (bicyclic) bond motifs is 3. The maximum Gasteiger partial charge on any atom is 0.263 e. The van der Waals surface area contributed by atoms with Crippen LogP contribution < -0.4 is 5.56 Å². The summed E-state index contributed by atoms with van der Waals surface area (Å²) in [6, 6.07) is 0.340. The highest BCUT2D eigenvalue weighted by Gasteiger charge is 2.39. The molecule has 3 nitrogen and oxygen atoms in total. The highest BCUT2D eigenvalue weighted by atomic mass is 32.1. The Balaban J connectivity index is 1.90. The van der Waals surface area contributed by atoms with Crippen LogP contribution >= 0.6 is 23.6 Å².